The van der Waals surface area contributed by atoms with Crippen LogP contribution in [-0.2, 0) is 9.59 Å². The van der Waals surface area contributed by atoms with E-state index in [-0.39, 0.29) is 30.4 Å². The summed E-state index contributed by atoms with van der Waals surface area (Å²) in [6, 6.07) is 19.8. The second kappa shape index (κ2) is 8.77. The average molecular weight is 444 g/mol. The Bertz CT molecular complexity index is 1160. The molecule has 1 fully saturated rings. The molecule has 1 saturated carbocycles. The summed E-state index contributed by atoms with van der Waals surface area (Å²) in [5, 5.41) is 0. The van der Waals surface area contributed by atoms with E-state index in [0.717, 1.165) is 47.6 Å². The highest BCUT2D eigenvalue weighted by Gasteiger charge is 2.39. The minimum Gasteiger partial charge on any atom is -0.497 e. The number of ether oxygens (including phenoxy) is 1. The lowest BCUT2D eigenvalue weighted by atomic mass is 9.97. The molecule has 5 rings (SSSR count). The summed E-state index contributed by atoms with van der Waals surface area (Å²) in [4.78, 5) is 30.4. The van der Waals surface area contributed by atoms with Crippen molar-refractivity contribution in [2.75, 3.05) is 18.6 Å². The van der Waals surface area contributed by atoms with E-state index in [0.29, 0.717) is 6.42 Å². The van der Waals surface area contributed by atoms with Gasteiger partial charge in [0.25, 0.3) is 0 Å². The maximum absolute atomic E-state index is 13.9. The Kier molecular flexibility index (Phi) is 5.67. The molecule has 33 heavy (non-hydrogen) atoms. The Hall–Kier alpha value is -3.54. The molecule has 1 aliphatic heterocycles. The molecule has 1 atom stereocenters. The lowest BCUT2D eigenvalue weighted by Crippen LogP contribution is -2.47. The summed E-state index contributed by atoms with van der Waals surface area (Å²) >= 11 is 0. The molecule has 1 aliphatic carbocycles. The van der Waals surface area contributed by atoms with Gasteiger partial charge in [0.2, 0.25) is 11.8 Å². The van der Waals surface area contributed by atoms with Crippen LogP contribution in [0.2, 0.25) is 0 Å². The highest BCUT2D eigenvalue weighted by molar-refractivity contribution is 6.00. The zero-order chi connectivity index (χ0) is 22.9. The molecule has 1 unspecified atom stereocenters. The Morgan fingerprint density at radius 3 is 2.39 bits per heavy atom. The van der Waals surface area contributed by atoms with Crippen LogP contribution in [0.4, 0.5) is 5.69 Å². The second-order valence-corrected chi connectivity index (χ2v) is 8.73. The second-order valence-electron chi connectivity index (χ2n) is 8.73. The van der Waals surface area contributed by atoms with Gasteiger partial charge in [-0.05, 0) is 61.2 Å². The van der Waals surface area contributed by atoms with Crippen LogP contribution < -0.4 is 9.64 Å². The molecule has 2 aromatic carbocycles. The summed E-state index contributed by atoms with van der Waals surface area (Å²) in [5.41, 5.74) is 3.83. The first-order valence-electron chi connectivity index (χ1n) is 11.6. The molecule has 3 aromatic rings. The number of para-hydroxylation sites is 2. The highest BCUT2D eigenvalue weighted by Crippen LogP contribution is 2.42. The molecule has 2 heterocycles. The zero-order valence-electron chi connectivity index (χ0n) is 19.1. The van der Waals surface area contributed by atoms with Crippen LogP contribution in [0, 0.1) is 0 Å². The van der Waals surface area contributed by atoms with Crippen molar-refractivity contribution in [2.45, 2.75) is 44.7 Å². The summed E-state index contributed by atoms with van der Waals surface area (Å²) in [7, 11) is 1.65. The SMILES string of the molecule is CCCC(=O)N(CC(=O)N1c2ccccc2-n2cccc2C1c1ccc(OC)cc1)C1CC1. The van der Waals surface area contributed by atoms with Gasteiger partial charge in [-0.2, -0.15) is 0 Å². The van der Waals surface area contributed by atoms with Crippen LogP contribution in [0.15, 0.2) is 66.9 Å². The Morgan fingerprint density at radius 1 is 1.00 bits per heavy atom. The highest BCUT2D eigenvalue weighted by atomic mass is 16.5. The number of nitrogens with zero attached hydrogens (tertiary/aromatic N) is 3. The van der Waals surface area contributed by atoms with E-state index in [1.807, 2.05) is 72.6 Å². The predicted octanol–water partition coefficient (Wildman–Crippen LogP) is 4.71. The number of hydrogen-bond donors (Lipinski definition) is 0. The molecule has 0 radical (unpaired) electrons. The number of fused-ring (bicyclic) bond motifs is 3. The smallest absolute Gasteiger partial charge is 0.247 e. The molecule has 0 saturated heterocycles. The van der Waals surface area contributed by atoms with Gasteiger partial charge in [-0.1, -0.05) is 31.2 Å². The number of carbonyl (C=O) groups excluding carboxylic acids is 2. The third-order valence-corrected chi connectivity index (χ3v) is 6.50. The van der Waals surface area contributed by atoms with E-state index in [4.69, 9.17) is 4.74 Å². The van der Waals surface area contributed by atoms with Gasteiger partial charge in [0.05, 0.1) is 24.2 Å². The molecular formula is C27H29N3O3. The van der Waals surface area contributed by atoms with Crippen molar-refractivity contribution in [1.82, 2.24) is 9.47 Å². The first-order valence-corrected chi connectivity index (χ1v) is 11.6. The van der Waals surface area contributed by atoms with Gasteiger partial charge in [-0.3, -0.25) is 14.5 Å². The number of rotatable bonds is 7. The Balaban J connectivity index is 1.57. The largest absolute Gasteiger partial charge is 0.497 e. The van der Waals surface area contributed by atoms with E-state index in [1.165, 1.54) is 0 Å². The standard InChI is InChI=1S/C27H29N3O3/c1-3-7-25(31)29(20-13-14-20)18-26(32)30-23-9-5-4-8-22(23)28-17-6-10-24(28)27(30)19-11-15-21(33-2)16-12-19/h4-6,8-12,15-17,20,27H,3,7,13-14,18H2,1-2H3. The molecule has 6 heteroatoms. The fraction of sp³-hybridized carbons (Fsp3) is 0.333. The Labute approximate surface area is 194 Å². The lowest BCUT2D eigenvalue weighted by Gasteiger charge is -2.39. The maximum atomic E-state index is 13.9. The third-order valence-electron chi connectivity index (χ3n) is 6.50. The van der Waals surface area contributed by atoms with Crippen LogP contribution in [0.1, 0.15) is 49.9 Å². The van der Waals surface area contributed by atoms with Gasteiger partial charge in [0.1, 0.15) is 18.3 Å². The number of aromatic nitrogens is 1. The van der Waals surface area contributed by atoms with Crippen molar-refractivity contribution in [3.05, 3.63) is 78.1 Å². The molecule has 0 spiro atoms. The first kappa shape index (κ1) is 21.3. The van der Waals surface area contributed by atoms with E-state index in [1.54, 1.807) is 12.0 Å². The van der Waals surface area contributed by atoms with Crippen molar-refractivity contribution in [2.24, 2.45) is 0 Å². The third kappa shape index (κ3) is 3.90. The topological polar surface area (TPSA) is 54.8 Å². The van der Waals surface area contributed by atoms with Crippen molar-refractivity contribution in [1.29, 1.82) is 0 Å². The first-order chi connectivity index (χ1) is 16.1. The number of hydrogen-bond acceptors (Lipinski definition) is 3. The fourth-order valence-corrected chi connectivity index (χ4v) is 4.75. The normalized spacial score (nSPS) is 16.7. The van der Waals surface area contributed by atoms with Gasteiger partial charge in [-0.15, -0.1) is 0 Å². The van der Waals surface area contributed by atoms with Crippen molar-refractivity contribution < 1.29 is 14.3 Å². The van der Waals surface area contributed by atoms with Gasteiger partial charge >= 0.3 is 0 Å². The Morgan fingerprint density at radius 2 is 1.73 bits per heavy atom. The van der Waals surface area contributed by atoms with Crippen LogP contribution in [0.3, 0.4) is 0 Å². The molecule has 0 N–H and O–H groups in total. The van der Waals surface area contributed by atoms with Crippen molar-refractivity contribution in [3.63, 3.8) is 0 Å². The molecule has 0 bridgehead atoms. The van der Waals surface area contributed by atoms with Crippen LogP contribution >= 0.6 is 0 Å². The van der Waals surface area contributed by atoms with E-state index < -0.39 is 0 Å². The zero-order valence-corrected chi connectivity index (χ0v) is 19.1. The van der Waals surface area contributed by atoms with Crippen molar-refractivity contribution in [3.8, 4) is 11.4 Å². The van der Waals surface area contributed by atoms with Gasteiger partial charge in [0, 0.05) is 18.7 Å². The minimum absolute atomic E-state index is 0.0629. The maximum Gasteiger partial charge on any atom is 0.247 e. The number of methoxy groups -OCH3 is 1. The van der Waals surface area contributed by atoms with E-state index in [9.17, 15) is 9.59 Å². The summed E-state index contributed by atoms with van der Waals surface area (Å²) < 4.78 is 7.49. The fourth-order valence-electron chi connectivity index (χ4n) is 4.75. The molecular weight excluding hydrogens is 414 g/mol. The number of amides is 2. The van der Waals surface area contributed by atoms with E-state index in [2.05, 4.69) is 10.6 Å². The summed E-state index contributed by atoms with van der Waals surface area (Å²) in [5.74, 6) is 0.781. The van der Waals surface area contributed by atoms with Crippen LogP contribution in [0.5, 0.6) is 5.75 Å². The number of carbonyl (C=O) groups is 2. The van der Waals surface area contributed by atoms with Gasteiger partial charge in [0.15, 0.2) is 0 Å². The van der Waals surface area contributed by atoms with Crippen LogP contribution in [0.25, 0.3) is 5.69 Å². The quantitative estimate of drug-likeness (QED) is 0.531. The summed E-state index contributed by atoms with van der Waals surface area (Å²) in [6.45, 7) is 2.10. The van der Waals surface area contributed by atoms with Gasteiger partial charge in [-0.25, -0.2) is 0 Å². The monoisotopic (exact) mass is 443 g/mol. The number of anilines is 1. The number of benzene rings is 2. The predicted molar refractivity (Wildman–Crippen MR) is 128 cm³/mol. The van der Waals surface area contributed by atoms with Crippen LogP contribution in [-0.4, -0.2) is 41.0 Å². The van der Waals surface area contributed by atoms with Crippen molar-refractivity contribution >= 4 is 17.5 Å². The molecule has 2 amide bonds. The molecule has 1 aromatic heterocycles. The van der Waals surface area contributed by atoms with E-state index >= 15 is 0 Å². The van der Waals surface area contributed by atoms with Gasteiger partial charge < -0.3 is 14.2 Å². The molecule has 170 valence electrons. The lowest BCUT2D eigenvalue weighted by molar-refractivity contribution is -0.136. The molecule has 6 nitrogen and oxygen atoms in total. The molecule has 2 aliphatic rings. The average Bonchev–Trinajstić information content (AvgIpc) is 3.56. The minimum atomic E-state index is -0.296. The summed E-state index contributed by atoms with van der Waals surface area (Å²) in [6.07, 6.45) is 5.25.